The highest BCUT2D eigenvalue weighted by molar-refractivity contribution is 5.97. The van der Waals surface area contributed by atoms with E-state index in [9.17, 15) is 9.59 Å². The molecule has 0 unspecified atom stereocenters. The number of likely N-dealkylation sites (tertiary alicyclic amines) is 1. The lowest BCUT2D eigenvalue weighted by molar-refractivity contribution is 0.0790. The monoisotopic (exact) mass is 232 g/mol. The molecule has 2 N–H and O–H groups in total. The van der Waals surface area contributed by atoms with Crippen molar-refractivity contribution in [2.75, 3.05) is 13.1 Å². The maximum atomic E-state index is 12.1. The standard InChI is InChI=1S/C13H16N2O2/c1-9(16)10-2-4-11(5-3-10)13(17)15-7-6-12(14)8-15/h2-5,12H,6-8,14H2,1H3/t12-/m0/s1. The van der Waals surface area contributed by atoms with Crippen molar-refractivity contribution in [1.29, 1.82) is 0 Å². The predicted molar refractivity (Wildman–Crippen MR) is 64.9 cm³/mol. The molecule has 1 fully saturated rings. The molecule has 1 saturated heterocycles. The summed E-state index contributed by atoms with van der Waals surface area (Å²) in [6.45, 7) is 2.85. The van der Waals surface area contributed by atoms with E-state index in [1.165, 1.54) is 6.92 Å². The summed E-state index contributed by atoms with van der Waals surface area (Å²) in [4.78, 5) is 24.9. The van der Waals surface area contributed by atoms with Crippen molar-refractivity contribution in [2.24, 2.45) is 5.73 Å². The summed E-state index contributed by atoms with van der Waals surface area (Å²) in [7, 11) is 0. The molecule has 1 amide bonds. The summed E-state index contributed by atoms with van der Waals surface area (Å²) < 4.78 is 0. The molecule has 1 aliphatic heterocycles. The molecule has 0 saturated carbocycles. The van der Waals surface area contributed by atoms with Gasteiger partial charge in [0.1, 0.15) is 0 Å². The van der Waals surface area contributed by atoms with Gasteiger partial charge in [0.05, 0.1) is 0 Å². The number of benzene rings is 1. The Morgan fingerprint density at radius 1 is 1.24 bits per heavy atom. The van der Waals surface area contributed by atoms with Crippen LogP contribution < -0.4 is 5.73 Å². The summed E-state index contributed by atoms with van der Waals surface area (Å²) in [5.41, 5.74) is 7.01. The van der Waals surface area contributed by atoms with E-state index < -0.39 is 0 Å². The third-order valence-electron chi connectivity index (χ3n) is 3.05. The van der Waals surface area contributed by atoms with E-state index in [0.29, 0.717) is 24.2 Å². The normalized spacial score (nSPS) is 19.4. The highest BCUT2D eigenvalue weighted by Crippen LogP contribution is 2.13. The average Bonchev–Trinajstić information content (AvgIpc) is 2.75. The second-order valence-corrected chi connectivity index (χ2v) is 4.43. The van der Waals surface area contributed by atoms with Crippen LogP contribution in [0.1, 0.15) is 34.1 Å². The molecule has 17 heavy (non-hydrogen) atoms. The van der Waals surface area contributed by atoms with Crippen LogP contribution in [-0.4, -0.2) is 35.7 Å². The molecular formula is C13H16N2O2. The number of carbonyl (C=O) groups is 2. The van der Waals surface area contributed by atoms with Gasteiger partial charge in [-0.05, 0) is 25.5 Å². The van der Waals surface area contributed by atoms with Crippen molar-refractivity contribution in [3.05, 3.63) is 35.4 Å². The molecular weight excluding hydrogens is 216 g/mol. The van der Waals surface area contributed by atoms with E-state index >= 15 is 0 Å². The van der Waals surface area contributed by atoms with Crippen molar-refractivity contribution >= 4 is 11.7 Å². The van der Waals surface area contributed by atoms with Crippen molar-refractivity contribution in [3.63, 3.8) is 0 Å². The van der Waals surface area contributed by atoms with Crippen LogP contribution >= 0.6 is 0 Å². The summed E-state index contributed by atoms with van der Waals surface area (Å²) in [5.74, 6) is 0.000228. The van der Waals surface area contributed by atoms with Gasteiger partial charge in [0.2, 0.25) is 0 Å². The van der Waals surface area contributed by atoms with Crippen LogP contribution in [0.2, 0.25) is 0 Å². The molecule has 4 nitrogen and oxygen atoms in total. The van der Waals surface area contributed by atoms with Gasteiger partial charge in [-0.3, -0.25) is 9.59 Å². The maximum Gasteiger partial charge on any atom is 0.253 e. The Labute approximate surface area is 100 Å². The van der Waals surface area contributed by atoms with E-state index in [2.05, 4.69) is 0 Å². The number of ketones is 1. The zero-order valence-electron chi connectivity index (χ0n) is 9.85. The van der Waals surface area contributed by atoms with Crippen LogP contribution in [0.3, 0.4) is 0 Å². The number of carbonyl (C=O) groups excluding carboxylic acids is 2. The average molecular weight is 232 g/mol. The van der Waals surface area contributed by atoms with Crippen LogP contribution in [0.15, 0.2) is 24.3 Å². The van der Waals surface area contributed by atoms with Crippen LogP contribution in [0, 0.1) is 0 Å². The van der Waals surface area contributed by atoms with Gasteiger partial charge in [-0.15, -0.1) is 0 Å². The first-order chi connectivity index (χ1) is 8.08. The van der Waals surface area contributed by atoms with Gasteiger partial charge in [0, 0.05) is 30.3 Å². The molecule has 1 aromatic carbocycles. The highest BCUT2D eigenvalue weighted by atomic mass is 16.2. The first kappa shape index (κ1) is 11.8. The van der Waals surface area contributed by atoms with Gasteiger partial charge in [-0.1, -0.05) is 12.1 Å². The zero-order valence-corrected chi connectivity index (χ0v) is 9.85. The van der Waals surface area contributed by atoms with Gasteiger partial charge >= 0.3 is 0 Å². The van der Waals surface area contributed by atoms with E-state index in [1.54, 1.807) is 29.2 Å². The van der Waals surface area contributed by atoms with Gasteiger partial charge in [-0.2, -0.15) is 0 Å². The van der Waals surface area contributed by atoms with Crippen LogP contribution in [0.5, 0.6) is 0 Å². The molecule has 1 atom stereocenters. The first-order valence-electron chi connectivity index (χ1n) is 5.74. The molecule has 2 rings (SSSR count). The number of rotatable bonds is 2. The lowest BCUT2D eigenvalue weighted by atomic mass is 10.1. The largest absolute Gasteiger partial charge is 0.337 e. The number of nitrogens with zero attached hydrogens (tertiary/aromatic N) is 1. The van der Waals surface area contributed by atoms with E-state index in [0.717, 1.165) is 6.42 Å². The molecule has 0 bridgehead atoms. The third kappa shape index (κ3) is 2.53. The summed E-state index contributed by atoms with van der Waals surface area (Å²) in [6.07, 6.45) is 0.858. The van der Waals surface area contributed by atoms with Gasteiger partial charge in [0.25, 0.3) is 5.91 Å². The smallest absolute Gasteiger partial charge is 0.253 e. The van der Waals surface area contributed by atoms with Gasteiger partial charge in [0.15, 0.2) is 5.78 Å². The molecule has 0 aromatic heterocycles. The minimum absolute atomic E-state index is 0.00643. The molecule has 1 aromatic rings. The minimum Gasteiger partial charge on any atom is -0.337 e. The molecule has 90 valence electrons. The van der Waals surface area contributed by atoms with E-state index in [-0.39, 0.29) is 17.7 Å². The van der Waals surface area contributed by atoms with Crippen LogP contribution in [-0.2, 0) is 0 Å². The van der Waals surface area contributed by atoms with Crippen molar-refractivity contribution in [3.8, 4) is 0 Å². The van der Waals surface area contributed by atoms with Crippen LogP contribution in [0.25, 0.3) is 0 Å². The van der Waals surface area contributed by atoms with Crippen molar-refractivity contribution in [2.45, 2.75) is 19.4 Å². The second kappa shape index (κ2) is 4.67. The molecule has 1 heterocycles. The number of Topliss-reactive ketones (excluding diaryl/α,β-unsaturated/α-hetero) is 1. The van der Waals surface area contributed by atoms with E-state index in [4.69, 9.17) is 5.73 Å². The fourth-order valence-corrected chi connectivity index (χ4v) is 2.00. The lowest BCUT2D eigenvalue weighted by Gasteiger charge is -2.15. The third-order valence-corrected chi connectivity index (χ3v) is 3.05. The van der Waals surface area contributed by atoms with E-state index in [1.807, 2.05) is 0 Å². The Morgan fingerprint density at radius 3 is 2.29 bits per heavy atom. The highest BCUT2D eigenvalue weighted by Gasteiger charge is 2.24. The SMILES string of the molecule is CC(=O)c1ccc(C(=O)N2CC[C@H](N)C2)cc1. The quantitative estimate of drug-likeness (QED) is 0.775. The molecule has 1 aliphatic rings. The number of hydrogen-bond acceptors (Lipinski definition) is 3. The topological polar surface area (TPSA) is 63.4 Å². The molecule has 0 aliphatic carbocycles. The van der Waals surface area contributed by atoms with Crippen molar-refractivity contribution in [1.82, 2.24) is 4.90 Å². The Hall–Kier alpha value is -1.68. The Bertz CT molecular complexity index is 439. The summed E-state index contributed by atoms with van der Waals surface area (Å²) >= 11 is 0. The maximum absolute atomic E-state index is 12.1. The number of nitrogens with two attached hydrogens (primary N) is 1. The van der Waals surface area contributed by atoms with Crippen molar-refractivity contribution < 1.29 is 9.59 Å². The predicted octanol–water partition coefficient (Wildman–Crippen LogP) is 1.06. The van der Waals surface area contributed by atoms with Gasteiger partial charge < -0.3 is 10.6 Å². The Morgan fingerprint density at radius 2 is 1.82 bits per heavy atom. The second-order valence-electron chi connectivity index (χ2n) is 4.43. The minimum atomic E-state index is -0.00643. The fraction of sp³-hybridized carbons (Fsp3) is 0.385. The molecule has 0 radical (unpaired) electrons. The fourth-order valence-electron chi connectivity index (χ4n) is 2.00. The first-order valence-corrected chi connectivity index (χ1v) is 5.74. The Kier molecular flexibility index (Phi) is 3.24. The summed E-state index contributed by atoms with van der Waals surface area (Å²) in [6, 6.07) is 6.86. The van der Waals surface area contributed by atoms with Crippen LogP contribution in [0.4, 0.5) is 0 Å². The Balaban J connectivity index is 2.12. The zero-order chi connectivity index (χ0) is 12.4. The number of amides is 1. The lowest BCUT2D eigenvalue weighted by Crippen LogP contribution is -2.31. The molecule has 4 heteroatoms. The summed E-state index contributed by atoms with van der Waals surface area (Å²) in [5, 5.41) is 0. The molecule has 0 spiro atoms. The number of hydrogen-bond donors (Lipinski definition) is 1. The van der Waals surface area contributed by atoms with Gasteiger partial charge in [-0.25, -0.2) is 0 Å².